The highest BCUT2D eigenvalue weighted by molar-refractivity contribution is 5.94. The van der Waals surface area contributed by atoms with Gasteiger partial charge in [-0.3, -0.25) is 14.9 Å². The van der Waals surface area contributed by atoms with Crippen molar-refractivity contribution in [3.63, 3.8) is 0 Å². The van der Waals surface area contributed by atoms with Gasteiger partial charge in [0.2, 0.25) is 5.91 Å². The van der Waals surface area contributed by atoms with E-state index in [1.165, 1.54) is 0 Å². The molecule has 1 fully saturated rings. The largest absolute Gasteiger partial charge is 0.481 e. The minimum Gasteiger partial charge on any atom is -0.481 e. The predicted octanol–water partition coefficient (Wildman–Crippen LogP) is 0.551. The number of aliphatic carboxylic acids is 1. The second kappa shape index (κ2) is 8.52. The van der Waals surface area contributed by atoms with Gasteiger partial charge in [0.15, 0.2) is 0 Å². The van der Waals surface area contributed by atoms with Crippen LogP contribution in [0, 0.1) is 0 Å². The van der Waals surface area contributed by atoms with Crippen LogP contribution in [0.5, 0.6) is 0 Å². The molecule has 0 aromatic rings. The Morgan fingerprint density at radius 2 is 1.95 bits per heavy atom. The molecule has 3 N–H and O–H groups in total. The SMILES string of the molecule is CN1CCCC1CNC(=O)NC(=O)CCCCC(=O)O. The van der Waals surface area contributed by atoms with E-state index < -0.39 is 12.0 Å². The molecule has 1 heterocycles. The summed E-state index contributed by atoms with van der Waals surface area (Å²) in [5, 5.41) is 13.4. The quantitative estimate of drug-likeness (QED) is 0.593. The second-order valence-electron chi connectivity index (χ2n) is 5.14. The van der Waals surface area contributed by atoms with Gasteiger partial charge in [0.1, 0.15) is 0 Å². The number of likely N-dealkylation sites (tertiary alicyclic amines) is 1. The normalized spacial score (nSPS) is 18.8. The van der Waals surface area contributed by atoms with Crippen molar-refractivity contribution in [2.75, 3.05) is 20.1 Å². The van der Waals surface area contributed by atoms with Crippen molar-refractivity contribution < 1.29 is 19.5 Å². The molecule has 0 saturated carbocycles. The topological polar surface area (TPSA) is 98.7 Å². The third-order valence-corrected chi connectivity index (χ3v) is 3.47. The first kappa shape index (κ1) is 16.4. The first-order chi connectivity index (χ1) is 9.49. The maximum absolute atomic E-state index is 11.5. The third-order valence-electron chi connectivity index (χ3n) is 3.47. The Morgan fingerprint density at radius 1 is 1.25 bits per heavy atom. The molecule has 114 valence electrons. The van der Waals surface area contributed by atoms with Gasteiger partial charge >= 0.3 is 12.0 Å². The molecule has 1 atom stereocenters. The predicted molar refractivity (Wildman–Crippen MR) is 73.3 cm³/mol. The van der Waals surface area contributed by atoms with Crippen LogP contribution < -0.4 is 10.6 Å². The third kappa shape index (κ3) is 6.51. The molecule has 0 spiro atoms. The Hall–Kier alpha value is -1.63. The second-order valence-corrected chi connectivity index (χ2v) is 5.14. The van der Waals surface area contributed by atoms with Crippen LogP contribution in [0.1, 0.15) is 38.5 Å². The monoisotopic (exact) mass is 285 g/mol. The van der Waals surface area contributed by atoms with Crippen molar-refractivity contribution in [1.29, 1.82) is 0 Å². The summed E-state index contributed by atoms with van der Waals surface area (Å²) in [6.45, 7) is 1.57. The summed E-state index contributed by atoms with van der Waals surface area (Å²) in [6.07, 6.45) is 3.32. The van der Waals surface area contributed by atoms with Gasteiger partial charge in [-0.15, -0.1) is 0 Å². The number of rotatable bonds is 7. The lowest BCUT2D eigenvalue weighted by Crippen LogP contribution is -2.44. The Balaban J connectivity index is 2.08. The molecule has 0 radical (unpaired) electrons. The van der Waals surface area contributed by atoms with Crippen LogP contribution in [0.4, 0.5) is 4.79 Å². The first-order valence-electron chi connectivity index (χ1n) is 6.98. The van der Waals surface area contributed by atoms with E-state index in [1.807, 2.05) is 7.05 Å². The molecule has 0 aliphatic carbocycles. The van der Waals surface area contributed by atoms with Gasteiger partial charge in [-0.25, -0.2) is 4.79 Å². The van der Waals surface area contributed by atoms with Crippen molar-refractivity contribution in [2.45, 2.75) is 44.6 Å². The molecular weight excluding hydrogens is 262 g/mol. The fraction of sp³-hybridized carbons (Fsp3) is 0.769. The molecule has 0 bridgehead atoms. The Kier molecular flexibility index (Phi) is 7.00. The number of carbonyl (C=O) groups is 3. The lowest BCUT2D eigenvalue weighted by atomic mass is 10.2. The fourth-order valence-corrected chi connectivity index (χ4v) is 2.24. The zero-order valence-electron chi connectivity index (χ0n) is 11.9. The summed E-state index contributed by atoms with van der Waals surface area (Å²) < 4.78 is 0. The van der Waals surface area contributed by atoms with Gasteiger partial charge in [-0.2, -0.15) is 0 Å². The summed E-state index contributed by atoms with van der Waals surface area (Å²) in [5.41, 5.74) is 0. The zero-order valence-corrected chi connectivity index (χ0v) is 11.9. The molecule has 1 saturated heterocycles. The molecule has 20 heavy (non-hydrogen) atoms. The summed E-state index contributed by atoms with van der Waals surface area (Å²) in [5.74, 6) is -1.24. The van der Waals surface area contributed by atoms with Crippen LogP contribution in [0.25, 0.3) is 0 Å². The maximum Gasteiger partial charge on any atom is 0.321 e. The molecule has 0 aromatic heterocycles. The number of urea groups is 1. The summed E-state index contributed by atoms with van der Waals surface area (Å²) in [4.78, 5) is 35.4. The van der Waals surface area contributed by atoms with Gasteiger partial charge < -0.3 is 15.3 Å². The zero-order chi connectivity index (χ0) is 15.0. The van der Waals surface area contributed by atoms with E-state index in [0.717, 1.165) is 19.4 Å². The molecular formula is C13H23N3O4. The maximum atomic E-state index is 11.5. The van der Waals surface area contributed by atoms with E-state index in [1.54, 1.807) is 0 Å². The van der Waals surface area contributed by atoms with E-state index >= 15 is 0 Å². The molecule has 1 rings (SSSR count). The summed E-state index contributed by atoms with van der Waals surface area (Å²) in [7, 11) is 2.02. The average Bonchev–Trinajstić information content (AvgIpc) is 2.77. The van der Waals surface area contributed by atoms with E-state index in [9.17, 15) is 14.4 Å². The van der Waals surface area contributed by atoms with Crippen LogP contribution in [-0.4, -0.2) is 54.1 Å². The van der Waals surface area contributed by atoms with Crippen LogP contribution in [0.15, 0.2) is 0 Å². The van der Waals surface area contributed by atoms with Gasteiger partial charge in [0.25, 0.3) is 0 Å². The van der Waals surface area contributed by atoms with Crippen molar-refractivity contribution in [3.05, 3.63) is 0 Å². The van der Waals surface area contributed by atoms with E-state index in [0.29, 0.717) is 25.4 Å². The number of hydrogen-bond donors (Lipinski definition) is 3. The van der Waals surface area contributed by atoms with Crippen molar-refractivity contribution >= 4 is 17.9 Å². The number of hydrogen-bond acceptors (Lipinski definition) is 4. The van der Waals surface area contributed by atoms with E-state index in [4.69, 9.17) is 5.11 Å². The Morgan fingerprint density at radius 3 is 2.55 bits per heavy atom. The molecule has 0 aromatic carbocycles. The smallest absolute Gasteiger partial charge is 0.321 e. The Bertz CT molecular complexity index is 360. The summed E-state index contributed by atoms with van der Waals surface area (Å²) in [6, 6.07) is -0.139. The number of carbonyl (C=O) groups excluding carboxylic acids is 2. The van der Waals surface area contributed by atoms with Gasteiger partial charge in [0, 0.05) is 25.4 Å². The molecule has 7 nitrogen and oxygen atoms in total. The molecule has 3 amide bonds. The lowest BCUT2D eigenvalue weighted by Gasteiger charge is -2.19. The number of likely N-dealkylation sites (N-methyl/N-ethyl adjacent to an activating group) is 1. The first-order valence-corrected chi connectivity index (χ1v) is 6.98. The Labute approximate surface area is 118 Å². The minimum absolute atomic E-state index is 0.0491. The van der Waals surface area contributed by atoms with Crippen LogP contribution in [0.3, 0.4) is 0 Å². The van der Waals surface area contributed by atoms with E-state index in [2.05, 4.69) is 15.5 Å². The van der Waals surface area contributed by atoms with Crippen molar-refractivity contribution in [3.8, 4) is 0 Å². The van der Waals surface area contributed by atoms with Crippen molar-refractivity contribution in [2.24, 2.45) is 0 Å². The lowest BCUT2D eigenvalue weighted by molar-refractivity contribution is -0.137. The molecule has 1 aliphatic heterocycles. The molecule has 1 unspecified atom stereocenters. The van der Waals surface area contributed by atoms with Crippen LogP contribution in [-0.2, 0) is 9.59 Å². The van der Waals surface area contributed by atoms with Gasteiger partial charge in [-0.05, 0) is 39.3 Å². The number of nitrogens with one attached hydrogen (secondary N) is 2. The number of amides is 3. The van der Waals surface area contributed by atoms with Gasteiger partial charge in [0.05, 0.1) is 0 Å². The highest BCUT2D eigenvalue weighted by Gasteiger charge is 2.21. The number of carboxylic acid groups (broad SMARTS) is 1. The van der Waals surface area contributed by atoms with E-state index in [-0.39, 0.29) is 18.7 Å². The standard InChI is InChI=1S/C13H23N3O4/c1-16-8-4-5-10(16)9-14-13(20)15-11(17)6-2-3-7-12(18)19/h10H,2-9H2,1H3,(H,18,19)(H2,14,15,17,20). The number of carboxylic acids is 1. The number of nitrogens with zero attached hydrogens (tertiary/aromatic N) is 1. The van der Waals surface area contributed by atoms with Gasteiger partial charge in [-0.1, -0.05) is 0 Å². The minimum atomic E-state index is -0.871. The van der Waals surface area contributed by atoms with Crippen LogP contribution in [0.2, 0.25) is 0 Å². The van der Waals surface area contributed by atoms with Crippen LogP contribution >= 0.6 is 0 Å². The highest BCUT2D eigenvalue weighted by Crippen LogP contribution is 2.13. The number of imide groups is 1. The fourth-order valence-electron chi connectivity index (χ4n) is 2.24. The average molecular weight is 285 g/mol. The van der Waals surface area contributed by atoms with Crippen molar-refractivity contribution in [1.82, 2.24) is 15.5 Å². The molecule has 7 heteroatoms. The number of unbranched alkanes of at least 4 members (excludes halogenated alkanes) is 1. The molecule has 1 aliphatic rings. The summed E-state index contributed by atoms with van der Waals surface area (Å²) >= 11 is 0. The highest BCUT2D eigenvalue weighted by atomic mass is 16.4.